The number of aromatic nitrogens is 2. The van der Waals surface area contributed by atoms with Gasteiger partial charge < -0.3 is 9.47 Å². The number of nitrogens with zero attached hydrogens (tertiary/aromatic N) is 3. The Morgan fingerprint density at radius 1 is 1.12 bits per heavy atom. The molecule has 5 heteroatoms. The molecule has 1 amide bonds. The van der Waals surface area contributed by atoms with Gasteiger partial charge in [-0.15, -0.1) is 0 Å². The summed E-state index contributed by atoms with van der Waals surface area (Å²) in [5.74, 6) is 2.14. The summed E-state index contributed by atoms with van der Waals surface area (Å²) in [5.41, 5.74) is 3.67. The summed E-state index contributed by atoms with van der Waals surface area (Å²) in [6, 6.07) is 16.8. The van der Waals surface area contributed by atoms with Crippen molar-refractivity contribution < 1.29 is 4.79 Å². The molecule has 1 aliphatic heterocycles. The second-order valence-corrected chi connectivity index (χ2v) is 9.62. The van der Waals surface area contributed by atoms with Gasteiger partial charge in [-0.1, -0.05) is 72.2 Å². The van der Waals surface area contributed by atoms with Crippen LogP contribution in [0, 0.1) is 0 Å². The minimum atomic E-state index is 0.0767. The standard InChI is InChI=1S/C27H30BrN3O/c1-20(2)22-9-7-21(8-10-22)19-31-18-15-29-27(31)24-13-16-30(17-14-24)26(32)12-11-23-5-3-4-6-25(23)28/h3-12,15,18,20,24H,13-14,16-17,19H2,1-2H3. The minimum Gasteiger partial charge on any atom is -0.339 e. The predicted molar refractivity (Wildman–Crippen MR) is 134 cm³/mol. The van der Waals surface area contributed by atoms with Crippen LogP contribution < -0.4 is 0 Å². The first-order valence-corrected chi connectivity index (χ1v) is 12.1. The quantitative estimate of drug-likeness (QED) is 0.382. The predicted octanol–water partition coefficient (Wildman–Crippen LogP) is 6.24. The Balaban J connectivity index is 1.35. The number of rotatable bonds is 6. The Hall–Kier alpha value is -2.66. The number of piperidine rings is 1. The van der Waals surface area contributed by atoms with Crippen LogP contribution >= 0.6 is 15.9 Å². The van der Waals surface area contributed by atoms with Crippen molar-refractivity contribution in [1.82, 2.24) is 14.5 Å². The average Bonchev–Trinajstić information content (AvgIpc) is 3.27. The SMILES string of the molecule is CC(C)c1ccc(Cn2ccnc2C2CCN(C(=O)C=Cc3ccccc3Br)CC2)cc1. The van der Waals surface area contributed by atoms with E-state index in [2.05, 4.69) is 69.8 Å². The van der Waals surface area contributed by atoms with E-state index in [1.807, 2.05) is 41.4 Å². The van der Waals surface area contributed by atoms with Crippen LogP contribution in [0.4, 0.5) is 0 Å². The molecule has 166 valence electrons. The van der Waals surface area contributed by atoms with Gasteiger partial charge in [0.2, 0.25) is 5.91 Å². The zero-order valence-electron chi connectivity index (χ0n) is 18.7. The zero-order chi connectivity index (χ0) is 22.5. The molecule has 0 saturated carbocycles. The van der Waals surface area contributed by atoms with Gasteiger partial charge in [-0.05, 0) is 47.6 Å². The molecule has 0 atom stereocenters. The highest BCUT2D eigenvalue weighted by molar-refractivity contribution is 9.10. The number of imidazole rings is 1. The number of hydrogen-bond donors (Lipinski definition) is 0. The molecule has 32 heavy (non-hydrogen) atoms. The van der Waals surface area contributed by atoms with Crippen LogP contribution in [-0.2, 0) is 11.3 Å². The van der Waals surface area contributed by atoms with Crippen molar-refractivity contribution in [2.24, 2.45) is 0 Å². The molecule has 1 saturated heterocycles. The van der Waals surface area contributed by atoms with Crippen LogP contribution in [0.3, 0.4) is 0 Å². The van der Waals surface area contributed by atoms with E-state index in [1.54, 1.807) is 6.08 Å². The number of carbonyl (C=O) groups is 1. The van der Waals surface area contributed by atoms with Gasteiger partial charge in [-0.2, -0.15) is 0 Å². The number of likely N-dealkylation sites (tertiary alicyclic amines) is 1. The third-order valence-corrected chi connectivity index (χ3v) is 6.95. The maximum Gasteiger partial charge on any atom is 0.246 e. The van der Waals surface area contributed by atoms with E-state index in [-0.39, 0.29) is 5.91 Å². The van der Waals surface area contributed by atoms with E-state index < -0.39 is 0 Å². The van der Waals surface area contributed by atoms with Crippen molar-refractivity contribution in [2.45, 2.75) is 45.1 Å². The Kier molecular flexibility index (Phi) is 7.26. The summed E-state index contributed by atoms with van der Waals surface area (Å²) < 4.78 is 3.26. The van der Waals surface area contributed by atoms with Crippen LogP contribution in [0.5, 0.6) is 0 Å². The fourth-order valence-corrected chi connectivity index (χ4v) is 4.67. The summed E-state index contributed by atoms with van der Waals surface area (Å²) in [7, 11) is 0. The fourth-order valence-electron chi connectivity index (χ4n) is 4.25. The van der Waals surface area contributed by atoms with E-state index in [9.17, 15) is 4.79 Å². The molecule has 3 aromatic rings. The second-order valence-electron chi connectivity index (χ2n) is 8.76. The van der Waals surface area contributed by atoms with Crippen molar-refractivity contribution in [3.8, 4) is 0 Å². The van der Waals surface area contributed by atoms with Crippen molar-refractivity contribution in [3.63, 3.8) is 0 Å². The lowest BCUT2D eigenvalue weighted by Gasteiger charge is -2.31. The summed E-state index contributed by atoms with van der Waals surface area (Å²) in [6.07, 6.45) is 9.42. The molecular formula is C27H30BrN3O. The lowest BCUT2D eigenvalue weighted by molar-refractivity contribution is -0.127. The number of benzene rings is 2. The maximum absolute atomic E-state index is 12.7. The van der Waals surface area contributed by atoms with Crippen LogP contribution in [0.15, 0.2) is 71.5 Å². The van der Waals surface area contributed by atoms with Crippen molar-refractivity contribution in [1.29, 1.82) is 0 Å². The Morgan fingerprint density at radius 3 is 2.53 bits per heavy atom. The number of carbonyl (C=O) groups excluding carboxylic acids is 1. The van der Waals surface area contributed by atoms with E-state index in [0.717, 1.165) is 48.3 Å². The second kappa shape index (κ2) is 10.3. The summed E-state index contributed by atoms with van der Waals surface area (Å²) in [6.45, 7) is 6.80. The highest BCUT2D eigenvalue weighted by Crippen LogP contribution is 2.28. The zero-order valence-corrected chi connectivity index (χ0v) is 20.3. The normalized spacial score (nSPS) is 15.1. The van der Waals surface area contributed by atoms with E-state index in [4.69, 9.17) is 0 Å². The molecule has 0 bridgehead atoms. The number of hydrogen-bond acceptors (Lipinski definition) is 2. The van der Waals surface area contributed by atoms with Crippen LogP contribution in [0.25, 0.3) is 6.08 Å². The molecule has 4 rings (SSSR count). The van der Waals surface area contributed by atoms with Crippen LogP contribution in [-0.4, -0.2) is 33.4 Å². The van der Waals surface area contributed by atoms with Gasteiger partial charge in [0.05, 0.1) is 0 Å². The fraction of sp³-hybridized carbons (Fsp3) is 0.333. The molecule has 0 aliphatic carbocycles. The Bertz CT molecular complexity index is 1080. The lowest BCUT2D eigenvalue weighted by atomic mass is 9.95. The van der Waals surface area contributed by atoms with Crippen LogP contribution in [0.1, 0.15) is 61.0 Å². The topological polar surface area (TPSA) is 38.1 Å². The Labute approximate surface area is 199 Å². The molecule has 2 heterocycles. The van der Waals surface area contributed by atoms with E-state index >= 15 is 0 Å². The third kappa shape index (κ3) is 5.39. The smallest absolute Gasteiger partial charge is 0.246 e. The third-order valence-electron chi connectivity index (χ3n) is 6.23. The van der Waals surface area contributed by atoms with Crippen LogP contribution in [0.2, 0.25) is 0 Å². The van der Waals surface area contributed by atoms with Gasteiger partial charge in [-0.25, -0.2) is 4.98 Å². The van der Waals surface area contributed by atoms with E-state index in [1.165, 1.54) is 11.1 Å². The molecule has 1 aliphatic rings. The Morgan fingerprint density at radius 2 is 1.84 bits per heavy atom. The average molecular weight is 492 g/mol. The first kappa shape index (κ1) is 22.5. The molecule has 0 spiro atoms. The first-order valence-electron chi connectivity index (χ1n) is 11.3. The molecular weight excluding hydrogens is 462 g/mol. The van der Waals surface area contributed by atoms with Crippen molar-refractivity contribution in [2.75, 3.05) is 13.1 Å². The summed E-state index contributed by atoms with van der Waals surface area (Å²) in [4.78, 5) is 19.3. The van der Waals surface area contributed by atoms with Gasteiger partial charge in [-0.3, -0.25) is 4.79 Å². The summed E-state index contributed by atoms with van der Waals surface area (Å²) >= 11 is 3.53. The molecule has 1 fully saturated rings. The lowest BCUT2D eigenvalue weighted by Crippen LogP contribution is -2.37. The number of halogens is 1. The molecule has 1 aromatic heterocycles. The maximum atomic E-state index is 12.7. The first-order chi connectivity index (χ1) is 15.5. The van der Waals surface area contributed by atoms with Gasteiger partial charge in [0.1, 0.15) is 5.82 Å². The molecule has 0 unspecified atom stereocenters. The monoisotopic (exact) mass is 491 g/mol. The van der Waals surface area contributed by atoms with Crippen molar-refractivity contribution in [3.05, 3.63) is 94.0 Å². The largest absolute Gasteiger partial charge is 0.339 e. The van der Waals surface area contributed by atoms with Crippen molar-refractivity contribution >= 4 is 27.9 Å². The molecule has 0 N–H and O–H groups in total. The van der Waals surface area contributed by atoms with Gasteiger partial charge in [0.25, 0.3) is 0 Å². The van der Waals surface area contributed by atoms with Gasteiger partial charge >= 0.3 is 0 Å². The molecule has 0 radical (unpaired) electrons. The van der Waals surface area contributed by atoms with Gasteiger partial charge in [0, 0.05) is 48.5 Å². The summed E-state index contributed by atoms with van der Waals surface area (Å²) in [5, 5.41) is 0. The molecule has 4 nitrogen and oxygen atoms in total. The van der Waals surface area contributed by atoms with Gasteiger partial charge in [0.15, 0.2) is 0 Å². The van der Waals surface area contributed by atoms with E-state index in [0.29, 0.717) is 11.8 Å². The highest BCUT2D eigenvalue weighted by Gasteiger charge is 2.25. The number of amides is 1. The highest BCUT2D eigenvalue weighted by atomic mass is 79.9. The minimum absolute atomic E-state index is 0.0767. The molecule has 2 aromatic carbocycles.